The second-order valence-electron chi connectivity index (χ2n) is 2.27. The first-order chi connectivity index (χ1) is 5.70. The van der Waals surface area contributed by atoms with E-state index >= 15 is 0 Å². The molecule has 1 aliphatic rings. The molecule has 1 fully saturated rings. The van der Waals surface area contributed by atoms with Crippen LogP contribution in [-0.2, 0) is 4.79 Å². The van der Waals surface area contributed by atoms with Gasteiger partial charge in [-0.25, -0.2) is 0 Å². The van der Waals surface area contributed by atoms with Gasteiger partial charge in [-0.3, -0.25) is 4.79 Å². The summed E-state index contributed by atoms with van der Waals surface area (Å²) in [5, 5.41) is 21.9. The van der Waals surface area contributed by atoms with Gasteiger partial charge in [0.2, 0.25) is 5.91 Å². The highest BCUT2D eigenvalue weighted by atomic mass is 16.4. The molecule has 1 aliphatic heterocycles. The van der Waals surface area contributed by atoms with Crippen LogP contribution in [0.3, 0.4) is 0 Å². The van der Waals surface area contributed by atoms with Crippen molar-refractivity contribution in [3.63, 3.8) is 0 Å². The number of nitrogens with two attached hydrogens (primary N) is 1. The molecule has 0 saturated carbocycles. The van der Waals surface area contributed by atoms with Crippen molar-refractivity contribution >= 4 is 18.0 Å². The summed E-state index contributed by atoms with van der Waals surface area (Å²) in [4.78, 5) is 11.9. The van der Waals surface area contributed by atoms with Gasteiger partial charge in [-0.15, -0.1) is 0 Å². The number of amidine groups is 1. The fourth-order valence-electron chi connectivity index (χ4n) is 0.845. The Balaban J connectivity index is 2.57. The summed E-state index contributed by atoms with van der Waals surface area (Å²) in [6.45, 7) is 0.390. The molecule has 0 aliphatic carbocycles. The van der Waals surface area contributed by atoms with E-state index in [0.29, 0.717) is 6.54 Å². The molecule has 0 radical (unpaired) electrons. The highest BCUT2D eigenvalue weighted by Crippen LogP contribution is 2.16. The van der Waals surface area contributed by atoms with Crippen molar-refractivity contribution in [1.82, 2.24) is 4.90 Å². The molecule has 66 valence electrons. The van der Waals surface area contributed by atoms with E-state index < -0.39 is 11.9 Å². The van der Waals surface area contributed by atoms with Crippen LogP contribution in [0.4, 0.5) is 0 Å². The fourth-order valence-corrected chi connectivity index (χ4v) is 0.845. The van der Waals surface area contributed by atoms with Gasteiger partial charge >= 0.3 is 0 Å². The Morgan fingerprint density at radius 3 is 2.67 bits per heavy atom. The zero-order chi connectivity index (χ0) is 9.14. The molecule has 0 aromatic heterocycles. The van der Waals surface area contributed by atoms with Gasteiger partial charge < -0.3 is 21.0 Å². The van der Waals surface area contributed by atoms with Crippen LogP contribution in [0.1, 0.15) is 0 Å². The molecule has 0 aromatic rings. The molecule has 12 heavy (non-hydrogen) atoms. The van der Waals surface area contributed by atoms with Gasteiger partial charge in [-0.2, -0.15) is 0 Å². The van der Waals surface area contributed by atoms with Crippen LogP contribution in [0.15, 0.2) is 10.3 Å². The lowest BCUT2D eigenvalue weighted by Gasteiger charge is -1.98. The molecule has 1 amide bonds. The predicted molar refractivity (Wildman–Crippen MR) is 39.2 cm³/mol. The maximum absolute atomic E-state index is 10.5. The highest BCUT2D eigenvalue weighted by molar-refractivity contribution is 6.30. The van der Waals surface area contributed by atoms with Crippen molar-refractivity contribution in [3.05, 3.63) is 0 Å². The molecule has 1 heterocycles. The van der Waals surface area contributed by atoms with Crippen LogP contribution in [0, 0.1) is 0 Å². The van der Waals surface area contributed by atoms with Gasteiger partial charge in [0.05, 0.1) is 0 Å². The molecule has 1 rings (SSSR count). The van der Waals surface area contributed by atoms with Crippen molar-refractivity contribution in [3.8, 4) is 0 Å². The normalized spacial score (nSPS) is 23.2. The summed E-state index contributed by atoms with van der Waals surface area (Å²) in [5.41, 5.74) is 4.95. The molecule has 0 aromatic carbocycles. The third kappa shape index (κ3) is 1.44. The SMILES string of the molecule is NC(=O)C1CN1C(/C=N/O)=N/O. The Morgan fingerprint density at radius 1 is 1.67 bits per heavy atom. The van der Waals surface area contributed by atoms with Crippen molar-refractivity contribution in [2.45, 2.75) is 6.04 Å². The van der Waals surface area contributed by atoms with Gasteiger partial charge in [0.15, 0.2) is 5.84 Å². The number of primary amides is 1. The number of oxime groups is 2. The topological polar surface area (TPSA) is 111 Å². The highest BCUT2D eigenvalue weighted by Gasteiger charge is 2.41. The minimum atomic E-state index is -0.498. The quantitative estimate of drug-likeness (QED) is 0.153. The molecule has 7 nitrogen and oxygen atoms in total. The van der Waals surface area contributed by atoms with Crippen LogP contribution in [0.5, 0.6) is 0 Å². The molecule has 0 bridgehead atoms. The Morgan fingerprint density at radius 2 is 2.33 bits per heavy atom. The van der Waals surface area contributed by atoms with Crippen molar-refractivity contribution < 1.29 is 15.2 Å². The smallest absolute Gasteiger partial charge is 0.242 e. The van der Waals surface area contributed by atoms with E-state index in [0.717, 1.165) is 6.21 Å². The van der Waals surface area contributed by atoms with E-state index in [-0.39, 0.29) is 5.84 Å². The molecule has 7 heteroatoms. The third-order valence-corrected chi connectivity index (χ3v) is 1.51. The van der Waals surface area contributed by atoms with E-state index in [1.54, 1.807) is 0 Å². The zero-order valence-electron chi connectivity index (χ0n) is 6.08. The van der Waals surface area contributed by atoms with Crippen LogP contribution >= 0.6 is 0 Å². The van der Waals surface area contributed by atoms with Gasteiger partial charge in [-0.1, -0.05) is 10.3 Å². The lowest BCUT2D eigenvalue weighted by Crippen LogP contribution is -2.25. The lowest BCUT2D eigenvalue weighted by molar-refractivity contribution is -0.117. The average molecular weight is 172 g/mol. The van der Waals surface area contributed by atoms with E-state index in [2.05, 4.69) is 10.3 Å². The molecular weight excluding hydrogens is 164 g/mol. The number of carbonyl (C=O) groups is 1. The summed E-state index contributed by atoms with van der Waals surface area (Å²) >= 11 is 0. The van der Waals surface area contributed by atoms with Crippen LogP contribution in [0.25, 0.3) is 0 Å². The van der Waals surface area contributed by atoms with Gasteiger partial charge in [0.1, 0.15) is 12.3 Å². The molecule has 1 unspecified atom stereocenters. The number of amides is 1. The van der Waals surface area contributed by atoms with E-state index in [1.807, 2.05) is 0 Å². The maximum atomic E-state index is 10.5. The number of rotatable bonds is 2. The summed E-state index contributed by atoms with van der Waals surface area (Å²) in [6.07, 6.45) is 0.920. The Labute approximate surface area is 67.7 Å². The summed E-state index contributed by atoms with van der Waals surface area (Å²) in [6, 6.07) is -0.450. The van der Waals surface area contributed by atoms with Gasteiger partial charge in [0.25, 0.3) is 0 Å². The van der Waals surface area contributed by atoms with E-state index in [4.69, 9.17) is 16.1 Å². The second kappa shape index (κ2) is 3.07. The largest absolute Gasteiger partial charge is 0.411 e. The Bertz CT molecular complexity index is 249. The Kier molecular flexibility index (Phi) is 2.13. The minimum absolute atomic E-state index is 0.0151. The van der Waals surface area contributed by atoms with E-state index in [9.17, 15) is 4.79 Å². The Hall–Kier alpha value is -1.79. The first-order valence-electron chi connectivity index (χ1n) is 3.16. The molecular formula is C5H8N4O3. The zero-order valence-corrected chi connectivity index (χ0v) is 6.08. The van der Waals surface area contributed by atoms with Crippen molar-refractivity contribution in [2.24, 2.45) is 16.0 Å². The monoisotopic (exact) mass is 172 g/mol. The third-order valence-electron chi connectivity index (χ3n) is 1.51. The predicted octanol–water partition coefficient (Wildman–Crippen LogP) is -1.60. The summed E-state index contributed by atoms with van der Waals surface area (Å²) < 4.78 is 0. The maximum Gasteiger partial charge on any atom is 0.242 e. The minimum Gasteiger partial charge on any atom is -0.411 e. The number of hydrogen-bond acceptors (Lipinski definition) is 5. The standard InChI is InChI=1S/C5H8N4O3/c6-5(10)3-2-9(3)4(8-12)1-7-11/h1,3,11-12H,2H2,(H2,6,10)/b7-1+,8-4+. The second-order valence-corrected chi connectivity index (χ2v) is 2.27. The summed E-state index contributed by atoms with van der Waals surface area (Å²) in [5.74, 6) is -0.483. The summed E-state index contributed by atoms with van der Waals surface area (Å²) in [7, 11) is 0. The van der Waals surface area contributed by atoms with Crippen molar-refractivity contribution in [1.29, 1.82) is 0 Å². The van der Waals surface area contributed by atoms with Gasteiger partial charge in [0, 0.05) is 6.54 Å². The molecule has 1 atom stereocenters. The molecule has 4 N–H and O–H groups in total. The number of carbonyl (C=O) groups excluding carboxylic acids is 1. The number of nitrogens with zero attached hydrogens (tertiary/aromatic N) is 3. The average Bonchev–Trinajstić information content (AvgIpc) is 2.79. The fraction of sp³-hybridized carbons (Fsp3) is 0.400. The van der Waals surface area contributed by atoms with Crippen LogP contribution < -0.4 is 5.73 Å². The first-order valence-corrected chi connectivity index (χ1v) is 3.16. The van der Waals surface area contributed by atoms with Gasteiger partial charge in [-0.05, 0) is 0 Å². The lowest BCUT2D eigenvalue weighted by atomic mass is 10.4. The molecule has 1 saturated heterocycles. The first kappa shape index (κ1) is 8.31. The number of hydrogen-bond donors (Lipinski definition) is 3. The van der Waals surface area contributed by atoms with Crippen LogP contribution in [0.2, 0.25) is 0 Å². The molecule has 0 spiro atoms. The van der Waals surface area contributed by atoms with Crippen LogP contribution in [-0.4, -0.2) is 45.9 Å². The van der Waals surface area contributed by atoms with E-state index in [1.165, 1.54) is 4.90 Å². The van der Waals surface area contributed by atoms with Crippen molar-refractivity contribution in [2.75, 3.05) is 6.54 Å².